The lowest BCUT2D eigenvalue weighted by Gasteiger charge is -2.10. The molecule has 0 amide bonds. The minimum absolute atomic E-state index is 0.550. The van der Waals surface area contributed by atoms with Crippen LogP contribution in [0, 0.1) is 6.92 Å². The maximum Gasteiger partial charge on any atom is 0.0486 e. The van der Waals surface area contributed by atoms with Gasteiger partial charge in [0.2, 0.25) is 0 Å². The van der Waals surface area contributed by atoms with Crippen LogP contribution in [0.4, 0.5) is 0 Å². The highest BCUT2D eigenvalue weighted by Gasteiger charge is 2.09. The van der Waals surface area contributed by atoms with E-state index in [-0.39, 0.29) is 0 Å². The number of benzene rings is 2. The Morgan fingerprint density at radius 1 is 1.04 bits per heavy atom. The Labute approximate surface area is 139 Å². The summed E-state index contributed by atoms with van der Waals surface area (Å²) >= 11 is 0. The minimum atomic E-state index is 0.550. The molecule has 1 aromatic heterocycles. The lowest BCUT2D eigenvalue weighted by atomic mass is 10.1. The van der Waals surface area contributed by atoms with E-state index in [9.17, 15) is 0 Å². The third-order valence-electron chi connectivity index (χ3n) is 4.60. The first-order valence-electron chi connectivity index (χ1n) is 8.53. The predicted octanol–water partition coefficient (Wildman–Crippen LogP) is 4.89. The summed E-state index contributed by atoms with van der Waals surface area (Å²) in [5.41, 5.74) is 5.35. The molecular weight excluding hydrogens is 280 g/mol. The molecular formula is C21H26N2. The number of aryl methyl sites for hydroxylation is 1. The van der Waals surface area contributed by atoms with Crippen LogP contribution in [0.1, 0.15) is 37.0 Å². The van der Waals surface area contributed by atoms with Gasteiger partial charge < -0.3 is 9.88 Å². The first-order valence-corrected chi connectivity index (χ1v) is 8.53. The normalized spacial score (nSPS) is 12.7. The summed E-state index contributed by atoms with van der Waals surface area (Å²) in [4.78, 5) is 0. The molecule has 0 bridgehead atoms. The van der Waals surface area contributed by atoms with E-state index >= 15 is 0 Å². The van der Waals surface area contributed by atoms with Gasteiger partial charge in [0.25, 0.3) is 0 Å². The van der Waals surface area contributed by atoms with Crippen molar-refractivity contribution in [1.29, 1.82) is 0 Å². The Balaban J connectivity index is 1.89. The maximum atomic E-state index is 3.61. The quantitative estimate of drug-likeness (QED) is 0.686. The fourth-order valence-corrected chi connectivity index (χ4v) is 2.91. The summed E-state index contributed by atoms with van der Waals surface area (Å²) in [5.74, 6) is 0. The molecule has 0 saturated carbocycles. The van der Waals surface area contributed by atoms with Gasteiger partial charge in [0, 0.05) is 36.2 Å². The molecule has 1 atom stereocenters. The molecule has 0 radical (unpaired) electrons. The molecule has 2 heteroatoms. The number of aromatic nitrogens is 1. The zero-order valence-electron chi connectivity index (χ0n) is 14.3. The Morgan fingerprint density at radius 3 is 2.52 bits per heavy atom. The molecule has 23 heavy (non-hydrogen) atoms. The molecule has 1 heterocycles. The van der Waals surface area contributed by atoms with E-state index < -0.39 is 0 Å². The molecule has 120 valence electrons. The van der Waals surface area contributed by atoms with Crippen LogP contribution < -0.4 is 5.32 Å². The van der Waals surface area contributed by atoms with Crippen molar-refractivity contribution in [1.82, 2.24) is 9.88 Å². The lowest BCUT2D eigenvalue weighted by Crippen LogP contribution is -2.24. The number of nitrogens with zero attached hydrogens (tertiary/aromatic N) is 1. The zero-order chi connectivity index (χ0) is 16.2. The molecule has 0 saturated heterocycles. The maximum absolute atomic E-state index is 3.61. The number of para-hydroxylation sites is 1. The van der Waals surface area contributed by atoms with Crippen LogP contribution in [0.25, 0.3) is 10.9 Å². The Kier molecular flexibility index (Phi) is 4.82. The number of fused-ring (bicyclic) bond motifs is 1. The van der Waals surface area contributed by atoms with Gasteiger partial charge in [-0.1, -0.05) is 55.0 Å². The summed E-state index contributed by atoms with van der Waals surface area (Å²) < 4.78 is 2.37. The van der Waals surface area contributed by atoms with Gasteiger partial charge in [-0.3, -0.25) is 0 Å². The summed E-state index contributed by atoms with van der Waals surface area (Å²) in [6.07, 6.45) is 3.46. The largest absolute Gasteiger partial charge is 0.343 e. The highest BCUT2D eigenvalue weighted by Crippen LogP contribution is 2.22. The third-order valence-corrected chi connectivity index (χ3v) is 4.60. The second kappa shape index (κ2) is 7.01. The van der Waals surface area contributed by atoms with Gasteiger partial charge >= 0.3 is 0 Å². The van der Waals surface area contributed by atoms with E-state index in [1.165, 1.54) is 27.6 Å². The van der Waals surface area contributed by atoms with Gasteiger partial charge in [0.15, 0.2) is 0 Å². The van der Waals surface area contributed by atoms with Crippen LogP contribution in [0.2, 0.25) is 0 Å². The van der Waals surface area contributed by atoms with Crippen LogP contribution in [0.5, 0.6) is 0 Å². The molecule has 3 rings (SSSR count). The predicted molar refractivity (Wildman–Crippen MR) is 98.8 cm³/mol. The summed E-state index contributed by atoms with van der Waals surface area (Å²) in [6.45, 7) is 8.44. The molecule has 0 unspecified atom stereocenters. The average Bonchev–Trinajstić information content (AvgIpc) is 2.93. The monoisotopic (exact) mass is 306 g/mol. The molecule has 0 spiro atoms. The van der Waals surface area contributed by atoms with E-state index in [0.717, 1.165) is 19.5 Å². The van der Waals surface area contributed by atoms with E-state index in [1.807, 2.05) is 0 Å². The molecule has 2 aromatic carbocycles. The van der Waals surface area contributed by atoms with Gasteiger partial charge in [0.05, 0.1) is 0 Å². The standard InChI is InChI=1S/C21H26N2/c1-4-17(3)22-13-19-15-23(21-8-6-5-7-20(19)21)14-18-11-9-16(2)10-12-18/h5-12,15,17,22H,4,13-14H2,1-3H3/t17-/m0/s1. The number of hydrogen-bond donors (Lipinski definition) is 1. The highest BCUT2D eigenvalue weighted by molar-refractivity contribution is 5.84. The Bertz CT molecular complexity index is 768. The van der Waals surface area contributed by atoms with Crippen molar-refractivity contribution in [3.05, 3.63) is 71.4 Å². The summed E-state index contributed by atoms with van der Waals surface area (Å²) in [5, 5.41) is 4.97. The van der Waals surface area contributed by atoms with Crippen molar-refractivity contribution in [3.8, 4) is 0 Å². The van der Waals surface area contributed by atoms with E-state index in [4.69, 9.17) is 0 Å². The first-order chi connectivity index (χ1) is 11.2. The van der Waals surface area contributed by atoms with E-state index in [2.05, 4.69) is 85.4 Å². The van der Waals surface area contributed by atoms with Crippen molar-refractivity contribution >= 4 is 10.9 Å². The second-order valence-corrected chi connectivity index (χ2v) is 6.48. The summed E-state index contributed by atoms with van der Waals surface area (Å²) in [6, 6.07) is 18.1. The molecule has 0 aliphatic carbocycles. The van der Waals surface area contributed by atoms with Gasteiger partial charge in [0.1, 0.15) is 0 Å². The fraction of sp³-hybridized carbons (Fsp3) is 0.333. The number of hydrogen-bond acceptors (Lipinski definition) is 1. The molecule has 0 aliphatic heterocycles. The third kappa shape index (κ3) is 3.65. The zero-order valence-corrected chi connectivity index (χ0v) is 14.3. The molecule has 0 fully saturated rings. The smallest absolute Gasteiger partial charge is 0.0486 e. The first kappa shape index (κ1) is 15.8. The van der Waals surface area contributed by atoms with Gasteiger partial charge in [-0.25, -0.2) is 0 Å². The van der Waals surface area contributed by atoms with Crippen LogP contribution in [-0.2, 0) is 13.1 Å². The van der Waals surface area contributed by atoms with Crippen molar-refractivity contribution in [3.63, 3.8) is 0 Å². The van der Waals surface area contributed by atoms with E-state index in [0.29, 0.717) is 6.04 Å². The van der Waals surface area contributed by atoms with Gasteiger partial charge in [-0.05, 0) is 37.5 Å². The molecule has 1 N–H and O–H groups in total. The molecule has 0 aliphatic rings. The van der Waals surface area contributed by atoms with Crippen molar-refractivity contribution in [2.45, 2.75) is 46.3 Å². The number of rotatable bonds is 6. The van der Waals surface area contributed by atoms with Crippen LogP contribution in [-0.4, -0.2) is 10.6 Å². The lowest BCUT2D eigenvalue weighted by molar-refractivity contribution is 0.535. The van der Waals surface area contributed by atoms with Gasteiger partial charge in [-0.2, -0.15) is 0 Å². The van der Waals surface area contributed by atoms with Crippen molar-refractivity contribution < 1.29 is 0 Å². The minimum Gasteiger partial charge on any atom is -0.343 e. The molecule has 3 aromatic rings. The van der Waals surface area contributed by atoms with Crippen molar-refractivity contribution in [2.75, 3.05) is 0 Å². The van der Waals surface area contributed by atoms with Gasteiger partial charge in [-0.15, -0.1) is 0 Å². The van der Waals surface area contributed by atoms with Crippen LogP contribution in [0.15, 0.2) is 54.7 Å². The second-order valence-electron chi connectivity index (χ2n) is 6.48. The number of nitrogens with one attached hydrogen (secondary N) is 1. The van der Waals surface area contributed by atoms with Crippen LogP contribution >= 0.6 is 0 Å². The van der Waals surface area contributed by atoms with E-state index in [1.54, 1.807) is 0 Å². The fourth-order valence-electron chi connectivity index (χ4n) is 2.91. The topological polar surface area (TPSA) is 17.0 Å². The summed E-state index contributed by atoms with van der Waals surface area (Å²) in [7, 11) is 0. The average molecular weight is 306 g/mol. The Hall–Kier alpha value is -2.06. The van der Waals surface area contributed by atoms with Crippen LogP contribution in [0.3, 0.4) is 0 Å². The highest BCUT2D eigenvalue weighted by atomic mass is 15.0. The van der Waals surface area contributed by atoms with Crippen molar-refractivity contribution in [2.24, 2.45) is 0 Å². The Morgan fingerprint density at radius 2 is 1.78 bits per heavy atom. The molecule has 2 nitrogen and oxygen atoms in total. The SMILES string of the molecule is CC[C@H](C)NCc1cn(Cc2ccc(C)cc2)c2ccccc12.